The largest absolute Gasteiger partial charge is 0.315 e. The molecule has 0 aromatic rings. The smallest absolute Gasteiger partial charge is 0.0101 e. The Balaban J connectivity index is 2.16. The Bertz CT molecular complexity index is 180. The van der Waals surface area contributed by atoms with Crippen LogP contribution in [0.4, 0.5) is 0 Å². The molecule has 0 unspecified atom stereocenters. The molecule has 0 bridgehead atoms. The summed E-state index contributed by atoms with van der Waals surface area (Å²) in [5.41, 5.74) is 1.05. The maximum Gasteiger partial charge on any atom is 0.0101 e. The molecule has 0 aromatic heterocycles. The van der Waals surface area contributed by atoms with E-state index in [0.717, 1.165) is 19.0 Å². The van der Waals surface area contributed by atoms with Crippen molar-refractivity contribution in [2.24, 2.45) is 16.7 Å². The van der Waals surface area contributed by atoms with Crippen molar-refractivity contribution in [2.75, 3.05) is 33.7 Å². The highest BCUT2D eigenvalue weighted by atomic mass is 15.1. The van der Waals surface area contributed by atoms with E-state index in [1.165, 1.54) is 6.54 Å². The van der Waals surface area contributed by atoms with Crippen LogP contribution in [-0.4, -0.2) is 38.6 Å². The number of likely N-dealkylation sites (N-methyl/N-ethyl adjacent to an activating group) is 1. The van der Waals surface area contributed by atoms with Gasteiger partial charge in [0.1, 0.15) is 0 Å². The Hall–Kier alpha value is -0.0800. The lowest BCUT2D eigenvalue weighted by molar-refractivity contribution is 0.393. The van der Waals surface area contributed by atoms with E-state index in [-0.39, 0.29) is 0 Å². The fourth-order valence-corrected chi connectivity index (χ4v) is 2.39. The highest BCUT2D eigenvalue weighted by Crippen LogP contribution is 2.67. The zero-order valence-corrected chi connectivity index (χ0v) is 10.6. The molecular formula is C12H26N2. The first-order valence-corrected chi connectivity index (χ1v) is 5.65. The first kappa shape index (κ1) is 12.0. The molecule has 1 fully saturated rings. The van der Waals surface area contributed by atoms with Crippen LogP contribution in [0.3, 0.4) is 0 Å². The summed E-state index contributed by atoms with van der Waals surface area (Å²) in [5, 5.41) is 3.55. The van der Waals surface area contributed by atoms with Crippen LogP contribution in [0.5, 0.6) is 0 Å². The van der Waals surface area contributed by atoms with Gasteiger partial charge in [-0.15, -0.1) is 0 Å². The summed E-state index contributed by atoms with van der Waals surface area (Å²) in [6.07, 6.45) is 0. The molecule has 14 heavy (non-hydrogen) atoms. The van der Waals surface area contributed by atoms with Crippen LogP contribution in [0.1, 0.15) is 27.7 Å². The van der Waals surface area contributed by atoms with Gasteiger partial charge in [-0.2, -0.15) is 0 Å². The lowest BCUT2D eigenvalue weighted by atomic mass is 10.0. The van der Waals surface area contributed by atoms with E-state index in [0.29, 0.717) is 10.8 Å². The normalized spacial score (nSPS) is 24.2. The fourth-order valence-electron chi connectivity index (χ4n) is 2.39. The third-order valence-electron chi connectivity index (χ3n) is 4.40. The van der Waals surface area contributed by atoms with Crippen LogP contribution in [0.25, 0.3) is 0 Å². The van der Waals surface area contributed by atoms with E-state index in [2.05, 4.69) is 52.0 Å². The molecule has 1 aliphatic rings. The third-order valence-corrected chi connectivity index (χ3v) is 4.40. The van der Waals surface area contributed by atoms with Crippen molar-refractivity contribution in [3.05, 3.63) is 0 Å². The molecule has 0 saturated heterocycles. The van der Waals surface area contributed by atoms with E-state index in [9.17, 15) is 0 Å². The van der Waals surface area contributed by atoms with Gasteiger partial charge in [-0.05, 0) is 37.4 Å². The zero-order valence-electron chi connectivity index (χ0n) is 10.6. The molecule has 1 N–H and O–H groups in total. The van der Waals surface area contributed by atoms with Gasteiger partial charge in [0, 0.05) is 13.1 Å². The van der Waals surface area contributed by atoms with Gasteiger partial charge in [-0.1, -0.05) is 27.7 Å². The Morgan fingerprint density at radius 1 is 1.07 bits per heavy atom. The van der Waals surface area contributed by atoms with Crippen molar-refractivity contribution in [1.29, 1.82) is 0 Å². The number of hydrogen-bond donors (Lipinski definition) is 1. The first-order chi connectivity index (χ1) is 6.30. The molecule has 0 heterocycles. The summed E-state index contributed by atoms with van der Waals surface area (Å²) >= 11 is 0. The highest BCUT2D eigenvalue weighted by Gasteiger charge is 2.63. The van der Waals surface area contributed by atoms with E-state index < -0.39 is 0 Å². The fraction of sp³-hybridized carbons (Fsp3) is 1.00. The molecule has 1 saturated carbocycles. The highest BCUT2D eigenvalue weighted by molar-refractivity contribution is 5.12. The van der Waals surface area contributed by atoms with Gasteiger partial charge in [0.25, 0.3) is 0 Å². The van der Waals surface area contributed by atoms with Gasteiger partial charge >= 0.3 is 0 Å². The second kappa shape index (κ2) is 3.82. The average molecular weight is 198 g/mol. The summed E-state index contributed by atoms with van der Waals surface area (Å²) in [7, 11) is 4.24. The molecule has 84 valence electrons. The number of nitrogens with one attached hydrogen (secondary N) is 1. The Morgan fingerprint density at radius 3 is 1.93 bits per heavy atom. The molecule has 0 radical (unpaired) electrons. The molecule has 2 nitrogen and oxygen atoms in total. The molecule has 1 rings (SSSR count). The first-order valence-electron chi connectivity index (χ1n) is 5.65. The van der Waals surface area contributed by atoms with E-state index in [4.69, 9.17) is 0 Å². The van der Waals surface area contributed by atoms with Crippen molar-refractivity contribution < 1.29 is 0 Å². The molecule has 2 heteroatoms. The summed E-state index contributed by atoms with van der Waals surface area (Å²) in [6, 6.07) is 0. The molecule has 0 atom stereocenters. The predicted octanol–water partition coefficient (Wildman–Crippen LogP) is 1.82. The quantitative estimate of drug-likeness (QED) is 0.678. The standard InChI is InChI=1S/C12H26N2/c1-11(2)10(12(11,3)4)9-13-7-8-14(5)6/h10,13H,7-9H2,1-6H3. The number of hydrogen-bond acceptors (Lipinski definition) is 2. The maximum atomic E-state index is 3.55. The van der Waals surface area contributed by atoms with Gasteiger partial charge in [0.15, 0.2) is 0 Å². The van der Waals surface area contributed by atoms with E-state index >= 15 is 0 Å². The monoisotopic (exact) mass is 198 g/mol. The number of rotatable bonds is 5. The maximum absolute atomic E-state index is 3.55. The van der Waals surface area contributed by atoms with Crippen molar-refractivity contribution in [3.63, 3.8) is 0 Å². The minimum absolute atomic E-state index is 0.526. The minimum Gasteiger partial charge on any atom is -0.315 e. The lowest BCUT2D eigenvalue weighted by Gasteiger charge is -2.10. The molecule has 0 spiro atoms. The predicted molar refractivity (Wildman–Crippen MR) is 62.5 cm³/mol. The van der Waals surface area contributed by atoms with Crippen molar-refractivity contribution in [2.45, 2.75) is 27.7 Å². The summed E-state index contributed by atoms with van der Waals surface area (Å²) < 4.78 is 0. The third kappa shape index (κ3) is 2.12. The lowest BCUT2D eigenvalue weighted by Crippen LogP contribution is -2.28. The minimum atomic E-state index is 0.526. The van der Waals surface area contributed by atoms with Crippen LogP contribution >= 0.6 is 0 Å². The summed E-state index contributed by atoms with van der Waals surface area (Å²) in [5.74, 6) is 0.845. The van der Waals surface area contributed by atoms with E-state index in [1.807, 2.05) is 0 Å². The molecular weight excluding hydrogens is 172 g/mol. The topological polar surface area (TPSA) is 15.3 Å². The Kier molecular flexibility index (Phi) is 3.27. The molecule has 0 aromatic carbocycles. The number of nitrogens with zero attached hydrogens (tertiary/aromatic N) is 1. The van der Waals surface area contributed by atoms with Gasteiger partial charge in [-0.3, -0.25) is 0 Å². The van der Waals surface area contributed by atoms with Crippen molar-refractivity contribution in [3.8, 4) is 0 Å². The Morgan fingerprint density at radius 2 is 1.57 bits per heavy atom. The summed E-state index contributed by atoms with van der Waals surface area (Å²) in [6.45, 7) is 12.9. The Labute approximate surface area is 89.1 Å². The van der Waals surface area contributed by atoms with Crippen LogP contribution in [0.15, 0.2) is 0 Å². The molecule has 1 aliphatic carbocycles. The molecule has 0 aliphatic heterocycles. The van der Waals surface area contributed by atoms with Crippen LogP contribution in [0.2, 0.25) is 0 Å². The summed E-state index contributed by atoms with van der Waals surface area (Å²) in [4.78, 5) is 2.22. The van der Waals surface area contributed by atoms with Crippen molar-refractivity contribution in [1.82, 2.24) is 10.2 Å². The second-order valence-corrected chi connectivity index (χ2v) is 6.00. The zero-order chi connectivity index (χ0) is 11.0. The van der Waals surface area contributed by atoms with Crippen LogP contribution < -0.4 is 5.32 Å². The van der Waals surface area contributed by atoms with E-state index in [1.54, 1.807) is 0 Å². The average Bonchev–Trinajstić information content (AvgIpc) is 2.38. The molecule has 0 amide bonds. The SMILES string of the molecule is CN(C)CCNCC1C(C)(C)C1(C)C. The van der Waals surface area contributed by atoms with Gasteiger partial charge in [0.05, 0.1) is 0 Å². The second-order valence-electron chi connectivity index (χ2n) is 6.00. The van der Waals surface area contributed by atoms with Crippen LogP contribution in [-0.2, 0) is 0 Å². The van der Waals surface area contributed by atoms with Gasteiger partial charge in [0.2, 0.25) is 0 Å². The van der Waals surface area contributed by atoms with Crippen molar-refractivity contribution >= 4 is 0 Å². The van der Waals surface area contributed by atoms with Gasteiger partial charge < -0.3 is 10.2 Å². The van der Waals surface area contributed by atoms with Crippen LogP contribution in [0, 0.1) is 16.7 Å². The van der Waals surface area contributed by atoms with Gasteiger partial charge in [-0.25, -0.2) is 0 Å².